The number of alkyl halides is 3. The van der Waals surface area contributed by atoms with Crippen LogP contribution in [0.3, 0.4) is 0 Å². The molecule has 0 rings (SSSR count). The molecule has 1 unspecified atom stereocenters. The van der Waals surface area contributed by atoms with E-state index in [1.807, 2.05) is 0 Å². The quantitative estimate of drug-likeness (QED) is 0.633. The standard InChI is InChI=1S/C4H2Cl4F2/c5-2(3(6)7)4(8,10)1-9/h1H2. The van der Waals surface area contributed by atoms with Gasteiger partial charge in [-0.05, 0) is 0 Å². The Hall–Kier alpha value is 0.760. The van der Waals surface area contributed by atoms with Crippen molar-refractivity contribution in [3.63, 3.8) is 0 Å². The van der Waals surface area contributed by atoms with Crippen LogP contribution >= 0.6 is 46.4 Å². The molecule has 0 saturated heterocycles. The Morgan fingerprint density at radius 2 is 1.70 bits per heavy atom. The molecular weight excluding hydrogens is 228 g/mol. The van der Waals surface area contributed by atoms with Crippen LogP contribution in [0.1, 0.15) is 0 Å². The molecule has 0 aliphatic rings. The van der Waals surface area contributed by atoms with Crippen molar-refractivity contribution in [2.24, 2.45) is 0 Å². The van der Waals surface area contributed by atoms with Crippen LogP contribution in [0, 0.1) is 0 Å². The predicted molar refractivity (Wildman–Crippen MR) is 40.3 cm³/mol. The lowest BCUT2D eigenvalue weighted by molar-refractivity contribution is 0.262. The van der Waals surface area contributed by atoms with Crippen LogP contribution in [0.2, 0.25) is 0 Å². The van der Waals surface area contributed by atoms with Crippen LogP contribution in [0.4, 0.5) is 8.78 Å². The molecule has 0 saturated carbocycles. The normalized spacial score (nSPS) is 16.2. The molecule has 0 spiro atoms. The Labute approximate surface area is 76.7 Å². The zero-order valence-electron chi connectivity index (χ0n) is 4.47. The van der Waals surface area contributed by atoms with Crippen LogP contribution in [0.25, 0.3) is 0 Å². The molecule has 0 fully saturated rings. The van der Waals surface area contributed by atoms with Crippen LogP contribution in [-0.4, -0.2) is 11.8 Å². The van der Waals surface area contributed by atoms with Gasteiger partial charge in [0, 0.05) is 0 Å². The minimum Gasteiger partial charge on any atom is -0.246 e. The van der Waals surface area contributed by atoms with Gasteiger partial charge < -0.3 is 0 Å². The summed E-state index contributed by atoms with van der Waals surface area (Å²) in [5.41, 5.74) is 0. The largest absolute Gasteiger partial charge is 0.249 e. The summed E-state index contributed by atoms with van der Waals surface area (Å²) < 4.78 is 23.6. The van der Waals surface area contributed by atoms with Gasteiger partial charge in [0.1, 0.15) is 16.2 Å². The van der Waals surface area contributed by atoms with E-state index in [0.29, 0.717) is 0 Å². The van der Waals surface area contributed by atoms with Crippen molar-refractivity contribution in [2.45, 2.75) is 5.13 Å². The lowest BCUT2D eigenvalue weighted by Gasteiger charge is -2.11. The maximum atomic E-state index is 12.5. The number of hydrogen-bond acceptors (Lipinski definition) is 0. The predicted octanol–water partition coefficient (Wildman–Crippen LogP) is 3.75. The molecule has 0 aromatic rings. The molecule has 1 atom stereocenters. The van der Waals surface area contributed by atoms with Crippen LogP contribution < -0.4 is 0 Å². The highest BCUT2D eigenvalue weighted by molar-refractivity contribution is 6.60. The van der Waals surface area contributed by atoms with E-state index >= 15 is 0 Å². The summed E-state index contributed by atoms with van der Waals surface area (Å²) in [6, 6.07) is 0. The summed E-state index contributed by atoms with van der Waals surface area (Å²) in [6.45, 7) is -1.48. The number of hydrogen-bond donors (Lipinski definition) is 0. The molecule has 0 aromatic carbocycles. The first kappa shape index (κ1) is 10.8. The van der Waals surface area contributed by atoms with Gasteiger partial charge in [-0.3, -0.25) is 0 Å². The minimum absolute atomic E-state index is 0.572. The third-order valence-corrected chi connectivity index (χ3v) is 2.10. The van der Waals surface area contributed by atoms with Gasteiger partial charge in [-0.25, -0.2) is 8.78 Å². The second kappa shape index (κ2) is 3.96. The molecule has 0 aromatic heterocycles. The Kier molecular flexibility index (Phi) is 4.26. The molecule has 10 heavy (non-hydrogen) atoms. The highest BCUT2D eigenvalue weighted by Crippen LogP contribution is 2.35. The fraction of sp³-hybridized carbons (Fsp3) is 0.500. The van der Waals surface area contributed by atoms with Crippen molar-refractivity contribution in [2.75, 3.05) is 6.67 Å². The summed E-state index contributed by atoms with van der Waals surface area (Å²) in [4.78, 5) is 0. The highest BCUT2D eigenvalue weighted by atomic mass is 35.5. The molecule has 0 radical (unpaired) electrons. The first-order valence-corrected chi connectivity index (χ1v) is 3.58. The van der Waals surface area contributed by atoms with Gasteiger partial charge >= 0.3 is 0 Å². The van der Waals surface area contributed by atoms with Gasteiger partial charge in [-0.1, -0.05) is 46.4 Å². The van der Waals surface area contributed by atoms with Crippen molar-refractivity contribution in [3.05, 3.63) is 9.52 Å². The zero-order valence-corrected chi connectivity index (χ0v) is 7.50. The Morgan fingerprint density at radius 1 is 1.30 bits per heavy atom. The molecule has 0 amide bonds. The van der Waals surface area contributed by atoms with Gasteiger partial charge in [-0.15, -0.1) is 0 Å². The molecule has 0 heterocycles. The van der Waals surface area contributed by atoms with Crippen LogP contribution in [-0.2, 0) is 0 Å². The van der Waals surface area contributed by atoms with E-state index in [-0.39, 0.29) is 0 Å². The average molecular weight is 230 g/mol. The SMILES string of the molecule is FCC(F)(Cl)C(Cl)=C(Cl)Cl. The van der Waals surface area contributed by atoms with Crippen molar-refractivity contribution in [1.29, 1.82) is 0 Å². The molecule has 0 aliphatic carbocycles. The smallest absolute Gasteiger partial charge is 0.246 e. The number of allylic oxidation sites excluding steroid dienone is 1. The highest BCUT2D eigenvalue weighted by Gasteiger charge is 2.32. The van der Waals surface area contributed by atoms with E-state index in [4.69, 9.17) is 46.4 Å². The summed E-state index contributed by atoms with van der Waals surface area (Å²) >= 11 is 20.0. The van der Waals surface area contributed by atoms with E-state index in [1.54, 1.807) is 0 Å². The maximum Gasteiger partial charge on any atom is 0.249 e. The monoisotopic (exact) mass is 228 g/mol. The zero-order chi connectivity index (χ0) is 8.36. The first-order chi connectivity index (χ1) is 4.41. The molecule has 0 bridgehead atoms. The second-order valence-corrected chi connectivity index (χ2v) is 3.34. The Bertz CT molecular complexity index is 149. The van der Waals surface area contributed by atoms with Crippen molar-refractivity contribution in [1.82, 2.24) is 0 Å². The molecule has 0 N–H and O–H groups in total. The topological polar surface area (TPSA) is 0 Å². The van der Waals surface area contributed by atoms with Gasteiger partial charge in [0.2, 0.25) is 5.13 Å². The molecule has 0 aliphatic heterocycles. The maximum absolute atomic E-state index is 12.5. The first-order valence-electron chi connectivity index (χ1n) is 2.07. The van der Waals surface area contributed by atoms with Gasteiger partial charge in [0.25, 0.3) is 0 Å². The minimum atomic E-state index is -2.79. The van der Waals surface area contributed by atoms with E-state index in [0.717, 1.165) is 0 Å². The number of halogens is 6. The molecule has 0 nitrogen and oxygen atoms in total. The van der Waals surface area contributed by atoms with Gasteiger partial charge in [-0.2, -0.15) is 0 Å². The molecular formula is C4H2Cl4F2. The second-order valence-electron chi connectivity index (χ2n) is 1.41. The van der Waals surface area contributed by atoms with Crippen LogP contribution in [0.5, 0.6) is 0 Å². The van der Waals surface area contributed by atoms with Crippen molar-refractivity contribution in [3.8, 4) is 0 Å². The number of rotatable bonds is 2. The Morgan fingerprint density at radius 3 is 1.80 bits per heavy atom. The Balaban J connectivity index is 4.49. The van der Waals surface area contributed by atoms with E-state index in [2.05, 4.69) is 0 Å². The molecule has 60 valence electrons. The lowest BCUT2D eigenvalue weighted by Crippen LogP contribution is -2.17. The molecule has 6 heteroatoms. The third kappa shape index (κ3) is 2.79. The summed E-state index contributed by atoms with van der Waals surface area (Å²) in [5.74, 6) is 0. The van der Waals surface area contributed by atoms with E-state index in [1.165, 1.54) is 0 Å². The van der Waals surface area contributed by atoms with Crippen molar-refractivity contribution < 1.29 is 8.78 Å². The van der Waals surface area contributed by atoms with E-state index < -0.39 is 21.3 Å². The summed E-state index contributed by atoms with van der Waals surface area (Å²) in [5, 5.41) is -3.53. The third-order valence-electron chi connectivity index (χ3n) is 0.655. The fourth-order valence-electron chi connectivity index (χ4n) is 0.197. The lowest BCUT2D eigenvalue weighted by atomic mass is 10.4. The summed E-state index contributed by atoms with van der Waals surface area (Å²) in [6.07, 6.45) is 0. The van der Waals surface area contributed by atoms with Gasteiger partial charge in [0.15, 0.2) is 0 Å². The fourth-order valence-corrected chi connectivity index (χ4v) is 0.738. The van der Waals surface area contributed by atoms with Gasteiger partial charge in [0.05, 0.1) is 0 Å². The van der Waals surface area contributed by atoms with E-state index in [9.17, 15) is 8.78 Å². The van der Waals surface area contributed by atoms with Crippen molar-refractivity contribution >= 4 is 46.4 Å². The van der Waals surface area contributed by atoms with Crippen LogP contribution in [0.15, 0.2) is 9.52 Å². The average Bonchev–Trinajstić information content (AvgIpc) is 1.86. The summed E-state index contributed by atoms with van der Waals surface area (Å²) in [7, 11) is 0.